The Hall–Kier alpha value is -1.10. The molecule has 0 saturated carbocycles. The summed E-state index contributed by atoms with van der Waals surface area (Å²) >= 11 is 0.747. The molecule has 58 valence electrons. The van der Waals surface area contributed by atoms with Gasteiger partial charge in [0.05, 0.1) is 13.1 Å². The van der Waals surface area contributed by atoms with Gasteiger partial charge in [0, 0.05) is 0 Å². The lowest BCUT2D eigenvalue weighted by Crippen LogP contribution is -2.18. The third-order valence-corrected chi connectivity index (χ3v) is 2.41. The van der Waals surface area contributed by atoms with Crippen molar-refractivity contribution in [3.8, 4) is 0 Å². The predicted molar refractivity (Wildman–Crippen MR) is 42.0 cm³/mol. The van der Waals surface area contributed by atoms with E-state index in [1.54, 1.807) is 0 Å². The maximum absolute atomic E-state index is 11.0. The molecule has 1 aromatic heterocycles. The van der Waals surface area contributed by atoms with Crippen LogP contribution in [0.15, 0.2) is 21.7 Å². The maximum atomic E-state index is 11.0. The number of rotatable bonds is 0. The van der Waals surface area contributed by atoms with Crippen LogP contribution in [0.4, 0.5) is 0 Å². The summed E-state index contributed by atoms with van der Waals surface area (Å²) in [5.74, 6) is 0. The molecule has 1 aromatic rings. The van der Waals surface area contributed by atoms with E-state index in [1.165, 1.54) is 9.36 Å². The molecule has 0 atom stereocenters. The zero-order valence-corrected chi connectivity index (χ0v) is 6.56. The van der Waals surface area contributed by atoms with Gasteiger partial charge in [-0.15, -0.1) is 0 Å². The number of hydrogen-bond acceptors (Lipinski definition) is 3. The van der Waals surface area contributed by atoms with Crippen molar-refractivity contribution in [2.45, 2.75) is 13.1 Å². The van der Waals surface area contributed by atoms with Crippen LogP contribution in [0.25, 0.3) is 0 Å². The number of fused-ring (bicyclic) bond motifs is 1. The Balaban J connectivity index is 2.78. The van der Waals surface area contributed by atoms with Gasteiger partial charge in [0.15, 0.2) is 0 Å². The third kappa shape index (κ3) is 0.808. The first-order valence-electron chi connectivity index (χ1n) is 3.16. The van der Waals surface area contributed by atoms with Gasteiger partial charge >= 0.3 is 9.75 Å². The lowest BCUT2D eigenvalue weighted by molar-refractivity contribution is 0.580. The monoisotopic (exact) mass is 170 g/mol. The molecule has 0 saturated heterocycles. The molecular weight excluding hydrogens is 164 g/mol. The molecule has 1 aliphatic heterocycles. The first-order chi connectivity index (χ1) is 5.18. The van der Waals surface area contributed by atoms with E-state index in [0.29, 0.717) is 13.1 Å². The van der Waals surface area contributed by atoms with Crippen molar-refractivity contribution in [1.29, 1.82) is 0 Å². The molecular formula is C6H6N2O2S. The average molecular weight is 170 g/mol. The maximum Gasteiger partial charge on any atom is 0.327 e. The highest BCUT2D eigenvalue weighted by Gasteiger charge is 2.17. The molecule has 5 heteroatoms. The number of hydrogen-bond donors (Lipinski definition) is 0. The Kier molecular flexibility index (Phi) is 1.17. The van der Waals surface area contributed by atoms with Gasteiger partial charge in [0.25, 0.3) is 0 Å². The van der Waals surface area contributed by atoms with Crippen LogP contribution in [0, 0.1) is 0 Å². The normalized spacial score (nSPS) is 15.5. The number of aromatic nitrogens is 2. The molecule has 0 spiro atoms. The zero-order valence-electron chi connectivity index (χ0n) is 5.74. The fourth-order valence-corrected chi connectivity index (χ4v) is 1.84. The van der Waals surface area contributed by atoms with E-state index >= 15 is 0 Å². The van der Waals surface area contributed by atoms with Gasteiger partial charge in [-0.1, -0.05) is 6.58 Å². The van der Waals surface area contributed by atoms with Crippen LogP contribution in [0.2, 0.25) is 0 Å². The van der Waals surface area contributed by atoms with Crippen LogP contribution < -0.4 is 9.75 Å². The van der Waals surface area contributed by atoms with Gasteiger partial charge in [0.2, 0.25) is 0 Å². The van der Waals surface area contributed by atoms with Crippen molar-refractivity contribution in [2.24, 2.45) is 0 Å². The second kappa shape index (κ2) is 1.94. The Morgan fingerprint density at radius 3 is 2.09 bits per heavy atom. The first-order valence-corrected chi connectivity index (χ1v) is 3.97. The van der Waals surface area contributed by atoms with E-state index in [0.717, 1.165) is 16.9 Å². The summed E-state index contributed by atoms with van der Waals surface area (Å²) in [6.07, 6.45) is 0. The quantitative estimate of drug-likeness (QED) is 0.499. The van der Waals surface area contributed by atoms with Crippen LogP contribution in [-0.2, 0) is 13.1 Å². The SMILES string of the molecule is C=C1Cn2c(=O)sc(=O)n2C1. The Bertz CT molecular complexity index is 386. The predicted octanol–water partition coefficient (Wildman–Crippen LogP) is -0.359. The summed E-state index contributed by atoms with van der Waals surface area (Å²) in [4.78, 5) is 21.6. The summed E-state index contributed by atoms with van der Waals surface area (Å²) in [5.41, 5.74) is 0.909. The molecule has 0 aliphatic carbocycles. The van der Waals surface area contributed by atoms with Crippen molar-refractivity contribution >= 4 is 11.3 Å². The highest BCUT2D eigenvalue weighted by molar-refractivity contribution is 7.06. The lowest BCUT2D eigenvalue weighted by atomic mass is 10.3. The fourth-order valence-electron chi connectivity index (χ4n) is 1.15. The number of allylic oxidation sites excluding steroid dienone is 1. The fraction of sp³-hybridized carbons (Fsp3) is 0.333. The molecule has 0 unspecified atom stereocenters. The van der Waals surface area contributed by atoms with Gasteiger partial charge in [-0.25, -0.2) is 9.36 Å². The number of nitrogens with zero attached hydrogens (tertiary/aromatic N) is 2. The minimum absolute atomic E-state index is 0.186. The van der Waals surface area contributed by atoms with E-state index in [1.807, 2.05) is 0 Å². The van der Waals surface area contributed by atoms with E-state index < -0.39 is 0 Å². The summed E-state index contributed by atoms with van der Waals surface area (Å²) in [6.45, 7) is 4.70. The average Bonchev–Trinajstić information content (AvgIpc) is 2.38. The van der Waals surface area contributed by atoms with Gasteiger partial charge in [-0.3, -0.25) is 9.59 Å². The van der Waals surface area contributed by atoms with Crippen molar-refractivity contribution < 1.29 is 0 Å². The Morgan fingerprint density at radius 2 is 1.64 bits per heavy atom. The molecule has 2 rings (SSSR count). The molecule has 1 aliphatic rings. The van der Waals surface area contributed by atoms with Crippen LogP contribution in [0.5, 0.6) is 0 Å². The van der Waals surface area contributed by atoms with E-state index in [2.05, 4.69) is 6.58 Å². The van der Waals surface area contributed by atoms with E-state index in [9.17, 15) is 9.59 Å². The summed E-state index contributed by atoms with van der Waals surface area (Å²) < 4.78 is 2.85. The van der Waals surface area contributed by atoms with E-state index in [4.69, 9.17) is 0 Å². The molecule has 0 fully saturated rings. The highest BCUT2D eigenvalue weighted by Crippen LogP contribution is 2.05. The summed E-state index contributed by atoms with van der Waals surface area (Å²) in [5, 5.41) is 0. The minimum Gasteiger partial charge on any atom is -0.255 e. The standard InChI is InChI=1S/C6H6N2O2S/c1-4-2-7-5(9)11-6(10)8(7)3-4/h1-3H2. The van der Waals surface area contributed by atoms with Gasteiger partial charge in [-0.05, 0) is 16.9 Å². The van der Waals surface area contributed by atoms with Crippen LogP contribution >= 0.6 is 11.3 Å². The molecule has 2 heterocycles. The van der Waals surface area contributed by atoms with Crippen molar-refractivity contribution in [1.82, 2.24) is 9.36 Å². The molecule has 11 heavy (non-hydrogen) atoms. The van der Waals surface area contributed by atoms with Gasteiger partial charge in [-0.2, -0.15) is 0 Å². The Morgan fingerprint density at radius 1 is 1.18 bits per heavy atom. The lowest BCUT2D eigenvalue weighted by Gasteiger charge is -1.90. The van der Waals surface area contributed by atoms with E-state index in [-0.39, 0.29) is 9.75 Å². The molecule has 4 nitrogen and oxygen atoms in total. The largest absolute Gasteiger partial charge is 0.327 e. The first kappa shape index (κ1) is 6.60. The zero-order chi connectivity index (χ0) is 8.01. The minimum atomic E-state index is -0.186. The molecule has 0 bridgehead atoms. The Labute approximate surface area is 66.0 Å². The van der Waals surface area contributed by atoms with Gasteiger partial charge < -0.3 is 0 Å². The second-order valence-corrected chi connectivity index (χ2v) is 3.40. The van der Waals surface area contributed by atoms with Crippen molar-refractivity contribution in [3.05, 3.63) is 31.5 Å². The summed E-state index contributed by atoms with van der Waals surface area (Å²) in [6, 6.07) is 0. The smallest absolute Gasteiger partial charge is 0.255 e. The van der Waals surface area contributed by atoms with Crippen molar-refractivity contribution in [3.63, 3.8) is 0 Å². The highest BCUT2D eigenvalue weighted by atomic mass is 32.1. The molecule has 0 radical (unpaired) electrons. The van der Waals surface area contributed by atoms with Gasteiger partial charge in [0.1, 0.15) is 0 Å². The molecule has 0 aromatic carbocycles. The van der Waals surface area contributed by atoms with Crippen LogP contribution in [0.1, 0.15) is 0 Å². The second-order valence-electron chi connectivity index (χ2n) is 2.50. The molecule has 0 amide bonds. The third-order valence-electron chi connectivity index (χ3n) is 1.63. The van der Waals surface area contributed by atoms with Crippen LogP contribution in [0.3, 0.4) is 0 Å². The molecule has 0 N–H and O–H groups in total. The van der Waals surface area contributed by atoms with Crippen LogP contribution in [-0.4, -0.2) is 9.36 Å². The summed E-state index contributed by atoms with van der Waals surface area (Å²) in [7, 11) is 0. The topological polar surface area (TPSA) is 44.0 Å². The van der Waals surface area contributed by atoms with Crippen molar-refractivity contribution in [2.75, 3.05) is 0 Å².